The maximum Gasteiger partial charge on any atom is 0.0462 e. The molecule has 0 radical (unpaired) electrons. The van der Waals surface area contributed by atoms with Gasteiger partial charge in [0, 0.05) is 34.8 Å². The fourth-order valence-corrected chi connectivity index (χ4v) is 9.74. The van der Waals surface area contributed by atoms with Crippen molar-refractivity contribution in [1.82, 2.24) is 0 Å². The zero-order valence-electron chi connectivity index (χ0n) is 31.0. The lowest BCUT2D eigenvalue weighted by Gasteiger charge is -2.27. The van der Waals surface area contributed by atoms with Gasteiger partial charge in [-0.25, -0.2) is 0 Å². The van der Waals surface area contributed by atoms with Gasteiger partial charge in [0.2, 0.25) is 0 Å². The Morgan fingerprint density at radius 1 is 0.327 bits per heavy atom. The first-order chi connectivity index (χ1) is 25.3. The van der Waals surface area contributed by atoms with Crippen LogP contribution < -0.4 is 4.90 Å². The van der Waals surface area contributed by atoms with Crippen LogP contribution in [-0.4, -0.2) is 0 Å². The Bertz CT molecular complexity index is 2170. The van der Waals surface area contributed by atoms with Crippen molar-refractivity contribution in [3.8, 4) is 0 Å². The minimum atomic E-state index is 0.377. The van der Waals surface area contributed by atoms with E-state index >= 15 is 0 Å². The van der Waals surface area contributed by atoms with Crippen LogP contribution in [0.3, 0.4) is 0 Å². The molecule has 3 unspecified atom stereocenters. The smallest absolute Gasteiger partial charge is 0.0462 e. The molecule has 0 fully saturated rings. The predicted octanol–water partition coefficient (Wildman–Crippen LogP) is 14.3. The molecule has 52 heavy (non-hydrogen) atoms. The van der Waals surface area contributed by atoms with Gasteiger partial charge < -0.3 is 4.90 Å². The third kappa shape index (κ3) is 4.98. The normalized spacial score (nSPS) is 18.9. The summed E-state index contributed by atoms with van der Waals surface area (Å²) in [6, 6.07) is 54.4. The lowest BCUT2D eigenvalue weighted by atomic mass is 9.91. The number of allylic oxidation sites excluding steroid dienone is 6. The average Bonchev–Trinajstić information content (AvgIpc) is 3.71. The number of benzene rings is 6. The van der Waals surface area contributed by atoms with Crippen molar-refractivity contribution >= 4 is 50.5 Å². The lowest BCUT2D eigenvalue weighted by molar-refractivity contribution is 1.01. The summed E-state index contributed by atoms with van der Waals surface area (Å²) in [4.78, 5) is 2.41. The highest BCUT2D eigenvalue weighted by Crippen LogP contribution is 2.50. The van der Waals surface area contributed by atoms with Gasteiger partial charge in [0.05, 0.1) is 0 Å². The maximum absolute atomic E-state index is 2.41. The molecular formula is C51H45N. The fourth-order valence-electron chi connectivity index (χ4n) is 9.74. The van der Waals surface area contributed by atoms with Gasteiger partial charge in [-0.1, -0.05) is 130 Å². The molecule has 0 saturated heterocycles. The molecule has 3 atom stereocenters. The van der Waals surface area contributed by atoms with Gasteiger partial charge in [0.1, 0.15) is 0 Å². The van der Waals surface area contributed by atoms with E-state index in [-0.39, 0.29) is 0 Å². The Morgan fingerprint density at radius 3 is 0.827 bits per heavy atom. The summed E-state index contributed by atoms with van der Waals surface area (Å²) in [7, 11) is 0. The van der Waals surface area contributed by atoms with Crippen LogP contribution >= 0.6 is 0 Å². The van der Waals surface area contributed by atoms with E-state index in [9.17, 15) is 0 Å². The van der Waals surface area contributed by atoms with Crippen LogP contribution in [0.25, 0.3) is 33.4 Å². The van der Waals surface area contributed by atoms with Gasteiger partial charge in [-0.3, -0.25) is 0 Å². The molecule has 6 aromatic rings. The largest absolute Gasteiger partial charge is 0.311 e. The van der Waals surface area contributed by atoms with E-state index < -0.39 is 0 Å². The SMILES string of the molecule is CC1=C(c2ccc(N(c3ccc(C4=C(C)c5ccccc5C4C)cc3)c3ccc(C4=C(C)c5ccccc5C4C)cc3)cc2)C(C)c2ccccc21. The summed E-state index contributed by atoms with van der Waals surface area (Å²) in [5, 5.41) is 0. The molecular weight excluding hydrogens is 627 g/mol. The Balaban J connectivity index is 1.10. The molecule has 0 aliphatic heterocycles. The number of anilines is 3. The molecule has 3 aliphatic rings. The number of fused-ring (bicyclic) bond motifs is 3. The highest BCUT2D eigenvalue weighted by atomic mass is 15.1. The quantitative estimate of drug-likeness (QED) is 0.170. The molecule has 0 N–H and O–H groups in total. The van der Waals surface area contributed by atoms with Crippen LogP contribution in [0.4, 0.5) is 17.1 Å². The summed E-state index contributed by atoms with van der Waals surface area (Å²) in [5.41, 5.74) is 24.2. The van der Waals surface area contributed by atoms with Crippen molar-refractivity contribution < 1.29 is 0 Å². The molecule has 0 saturated carbocycles. The van der Waals surface area contributed by atoms with Crippen LogP contribution in [0, 0.1) is 0 Å². The van der Waals surface area contributed by atoms with E-state index in [4.69, 9.17) is 0 Å². The number of nitrogens with zero attached hydrogens (tertiary/aromatic N) is 1. The Labute approximate surface area is 309 Å². The monoisotopic (exact) mass is 671 g/mol. The first-order valence-electron chi connectivity index (χ1n) is 18.8. The molecule has 6 aromatic carbocycles. The Hall–Kier alpha value is -5.66. The van der Waals surface area contributed by atoms with E-state index in [1.54, 1.807) is 0 Å². The van der Waals surface area contributed by atoms with Crippen molar-refractivity contribution in [2.24, 2.45) is 0 Å². The Kier molecular flexibility index (Phi) is 7.77. The summed E-state index contributed by atoms with van der Waals surface area (Å²) in [6.07, 6.45) is 0. The second-order valence-corrected chi connectivity index (χ2v) is 15.0. The van der Waals surface area contributed by atoms with E-state index in [0.717, 1.165) is 17.1 Å². The topological polar surface area (TPSA) is 3.24 Å². The van der Waals surface area contributed by atoms with Gasteiger partial charge in [-0.2, -0.15) is 0 Å². The zero-order valence-corrected chi connectivity index (χ0v) is 31.0. The standard InChI is InChI=1S/C51H45N/c1-31-43-13-7-8-14-44(43)32(2)49(31)37-19-25-40(26-20-37)52(41-27-21-38(22-28-41)50-33(3)45-15-9-10-16-46(45)34(50)4)42-29-23-39(24-30-42)51-35(5)47-17-11-12-18-48(47)36(51)6/h7-31,33,35H,1-6H3. The second kappa shape index (κ2) is 12.5. The van der Waals surface area contributed by atoms with E-state index in [0.29, 0.717) is 17.8 Å². The van der Waals surface area contributed by atoms with Crippen molar-refractivity contribution in [3.63, 3.8) is 0 Å². The molecule has 0 bridgehead atoms. The number of hydrogen-bond donors (Lipinski definition) is 0. The third-order valence-corrected chi connectivity index (χ3v) is 12.3. The summed E-state index contributed by atoms with van der Waals surface area (Å²) in [5.74, 6) is 1.13. The summed E-state index contributed by atoms with van der Waals surface area (Å²) in [6.45, 7) is 13.9. The third-order valence-electron chi connectivity index (χ3n) is 12.3. The summed E-state index contributed by atoms with van der Waals surface area (Å²) < 4.78 is 0. The fraction of sp³-hybridized carbons (Fsp3) is 0.176. The van der Waals surface area contributed by atoms with Crippen LogP contribution in [0.2, 0.25) is 0 Å². The van der Waals surface area contributed by atoms with Gasteiger partial charge in [-0.15, -0.1) is 0 Å². The van der Waals surface area contributed by atoms with E-state index in [1.807, 2.05) is 0 Å². The highest BCUT2D eigenvalue weighted by molar-refractivity contribution is 6.01. The number of hydrogen-bond acceptors (Lipinski definition) is 1. The van der Waals surface area contributed by atoms with Crippen molar-refractivity contribution in [2.75, 3.05) is 4.90 Å². The molecule has 0 aromatic heterocycles. The van der Waals surface area contributed by atoms with Gasteiger partial charge in [-0.05, 0) is 141 Å². The zero-order chi connectivity index (χ0) is 35.7. The lowest BCUT2D eigenvalue weighted by Crippen LogP contribution is -2.10. The highest BCUT2D eigenvalue weighted by Gasteiger charge is 2.29. The maximum atomic E-state index is 2.41. The van der Waals surface area contributed by atoms with Gasteiger partial charge in [0.25, 0.3) is 0 Å². The molecule has 254 valence electrons. The second-order valence-electron chi connectivity index (χ2n) is 15.0. The minimum absolute atomic E-state index is 0.377. The minimum Gasteiger partial charge on any atom is -0.311 e. The molecule has 0 spiro atoms. The van der Waals surface area contributed by atoms with Crippen LogP contribution in [-0.2, 0) is 0 Å². The van der Waals surface area contributed by atoms with Crippen LogP contribution in [0.15, 0.2) is 146 Å². The van der Waals surface area contributed by atoms with Crippen LogP contribution in [0.5, 0.6) is 0 Å². The molecule has 0 heterocycles. The molecule has 1 nitrogen and oxygen atoms in total. The van der Waals surface area contributed by atoms with Gasteiger partial charge in [0.15, 0.2) is 0 Å². The van der Waals surface area contributed by atoms with Crippen molar-refractivity contribution in [1.29, 1.82) is 0 Å². The molecule has 0 amide bonds. The first kappa shape index (κ1) is 32.3. The first-order valence-corrected chi connectivity index (χ1v) is 18.8. The average molecular weight is 672 g/mol. The van der Waals surface area contributed by atoms with Crippen molar-refractivity contribution in [3.05, 3.63) is 196 Å². The Morgan fingerprint density at radius 2 is 0.577 bits per heavy atom. The van der Waals surface area contributed by atoms with E-state index in [1.165, 1.54) is 83.5 Å². The van der Waals surface area contributed by atoms with Crippen LogP contribution in [0.1, 0.15) is 109 Å². The molecule has 9 rings (SSSR count). The van der Waals surface area contributed by atoms with Gasteiger partial charge >= 0.3 is 0 Å². The predicted molar refractivity (Wildman–Crippen MR) is 223 cm³/mol. The van der Waals surface area contributed by atoms with E-state index in [2.05, 4.69) is 192 Å². The molecule has 1 heteroatoms. The number of rotatable bonds is 6. The summed E-state index contributed by atoms with van der Waals surface area (Å²) >= 11 is 0. The van der Waals surface area contributed by atoms with Crippen molar-refractivity contribution in [2.45, 2.75) is 59.3 Å². The molecule has 3 aliphatic carbocycles.